The van der Waals surface area contributed by atoms with E-state index in [0.717, 1.165) is 22.1 Å². The van der Waals surface area contributed by atoms with Crippen LogP contribution < -0.4 is 5.50 Å². The summed E-state index contributed by atoms with van der Waals surface area (Å²) in [6, 6.07) is 0. The van der Waals surface area contributed by atoms with E-state index in [4.69, 9.17) is 5.50 Å². The standard InChI is InChI=1S/H2NO3PS2/c1-5(2)3-6-7-4-5/h(H2,1,2). The first-order valence-electron chi connectivity index (χ1n) is 1.31. The molecule has 2 N–H and O–H groups in total. The Balaban J connectivity index is 2.57. The van der Waals surface area contributed by atoms with Crippen LogP contribution in [0.5, 0.6) is 0 Å². The lowest BCUT2D eigenvalue weighted by molar-refractivity contribution is 0.446. The Hall–Kier alpha value is 0.810. The van der Waals surface area contributed by atoms with Crippen molar-refractivity contribution in [1.29, 1.82) is 0 Å². The average Bonchev–Trinajstić information content (AvgIpc) is 1.84. The van der Waals surface area contributed by atoms with E-state index < -0.39 is 7.75 Å². The molecule has 0 radical (unpaired) electrons. The Morgan fingerprint density at radius 3 is 2.00 bits per heavy atom. The van der Waals surface area contributed by atoms with Gasteiger partial charge in [0.05, 0.1) is 0 Å². The van der Waals surface area contributed by atoms with Gasteiger partial charge in [-0.1, -0.05) is 0 Å². The molecule has 42 valence electrons. The normalized spacial score (nSPS) is 28.1. The zero-order valence-electron chi connectivity index (χ0n) is 3.07. The Kier molecular flexibility index (Phi) is 1.67. The molecular weight excluding hydrogens is 157 g/mol. The molecule has 0 unspecified atom stereocenters. The summed E-state index contributed by atoms with van der Waals surface area (Å²) >= 11 is 1.77. The molecule has 1 heterocycles. The van der Waals surface area contributed by atoms with Gasteiger partial charge >= 0.3 is 7.75 Å². The Morgan fingerprint density at radius 2 is 1.86 bits per heavy atom. The number of nitrogens with two attached hydrogens (primary N) is 1. The second-order valence-corrected chi connectivity index (χ2v) is 4.19. The third kappa shape index (κ3) is 1.64. The highest BCUT2D eigenvalue weighted by Gasteiger charge is 2.27. The fourth-order valence-corrected chi connectivity index (χ4v) is 3.30. The fourth-order valence-electron chi connectivity index (χ4n) is 0.122. The van der Waals surface area contributed by atoms with Gasteiger partial charge in [0.2, 0.25) is 0 Å². The van der Waals surface area contributed by atoms with Crippen molar-refractivity contribution in [1.82, 2.24) is 0 Å². The number of hydrogen-bond donors (Lipinski definition) is 1. The maximum atomic E-state index is 10.3. The van der Waals surface area contributed by atoms with E-state index >= 15 is 0 Å². The van der Waals surface area contributed by atoms with Crippen molar-refractivity contribution in [2.45, 2.75) is 0 Å². The van der Waals surface area contributed by atoms with Gasteiger partial charge in [-0.15, -0.1) is 0 Å². The zero-order chi connectivity index (χ0) is 5.33. The van der Waals surface area contributed by atoms with Crippen LogP contribution in [0.1, 0.15) is 0 Å². The Labute approximate surface area is 48.5 Å². The molecule has 7 heavy (non-hydrogen) atoms. The Morgan fingerprint density at radius 1 is 1.43 bits per heavy atom. The van der Waals surface area contributed by atoms with Crippen molar-refractivity contribution in [3.63, 3.8) is 0 Å². The summed E-state index contributed by atoms with van der Waals surface area (Å²) in [5.41, 5.74) is 4.85. The van der Waals surface area contributed by atoms with Crippen LogP contribution in [0.15, 0.2) is 0 Å². The Bertz CT molecular complexity index is 104. The van der Waals surface area contributed by atoms with E-state index in [0.29, 0.717) is 0 Å². The molecule has 4 nitrogen and oxygen atoms in total. The van der Waals surface area contributed by atoms with Crippen molar-refractivity contribution in [2.24, 2.45) is 5.50 Å². The van der Waals surface area contributed by atoms with E-state index in [1.165, 1.54) is 0 Å². The molecule has 0 aromatic carbocycles. The molecule has 1 aliphatic heterocycles. The summed E-state index contributed by atoms with van der Waals surface area (Å²) in [7, 11) is -3.12. The van der Waals surface area contributed by atoms with Gasteiger partial charge in [0, 0.05) is 0 Å². The van der Waals surface area contributed by atoms with Gasteiger partial charge in [0.25, 0.3) is 0 Å². The SMILES string of the molecule is NP1(=O)OSSO1. The highest BCUT2D eigenvalue weighted by molar-refractivity contribution is 8.75. The van der Waals surface area contributed by atoms with Crippen molar-refractivity contribution in [2.75, 3.05) is 0 Å². The van der Waals surface area contributed by atoms with Gasteiger partial charge in [0.1, 0.15) is 22.1 Å². The summed E-state index contributed by atoms with van der Waals surface area (Å²) in [6.07, 6.45) is 0. The summed E-state index contributed by atoms with van der Waals surface area (Å²) in [5, 5.41) is 0. The van der Waals surface area contributed by atoms with Crippen molar-refractivity contribution in [3.8, 4) is 0 Å². The highest BCUT2D eigenvalue weighted by Crippen LogP contribution is 2.59. The van der Waals surface area contributed by atoms with Crippen molar-refractivity contribution < 1.29 is 12.5 Å². The molecule has 0 amide bonds. The molecule has 1 fully saturated rings. The summed E-state index contributed by atoms with van der Waals surface area (Å²) in [4.78, 5) is 0. The molecule has 1 aliphatic rings. The van der Waals surface area contributed by atoms with Crippen LogP contribution in [0.2, 0.25) is 0 Å². The minimum atomic E-state index is -3.12. The quantitative estimate of drug-likeness (QED) is 0.326. The number of hydrogen-bond acceptors (Lipinski definition) is 5. The molecule has 0 atom stereocenters. The molecule has 0 aromatic heterocycles. The molecule has 1 rings (SSSR count). The lowest BCUT2D eigenvalue weighted by atomic mass is 13.9. The first-order valence-corrected chi connectivity index (χ1v) is 4.92. The second kappa shape index (κ2) is 1.97. The smallest absolute Gasteiger partial charge is 0.239 e. The molecule has 0 aliphatic carbocycles. The van der Waals surface area contributed by atoms with E-state index in [2.05, 4.69) is 7.94 Å². The van der Waals surface area contributed by atoms with Crippen LogP contribution in [0.4, 0.5) is 0 Å². The van der Waals surface area contributed by atoms with E-state index in [-0.39, 0.29) is 0 Å². The lowest BCUT2D eigenvalue weighted by Gasteiger charge is -1.92. The van der Waals surface area contributed by atoms with Crippen LogP contribution in [0.3, 0.4) is 0 Å². The average molecular weight is 159 g/mol. The van der Waals surface area contributed by atoms with E-state index in [1.807, 2.05) is 0 Å². The lowest BCUT2D eigenvalue weighted by Crippen LogP contribution is -1.88. The van der Waals surface area contributed by atoms with Gasteiger partial charge in [-0.25, -0.2) is 18.0 Å². The van der Waals surface area contributed by atoms with Crippen LogP contribution in [0, 0.1) is 0 Å². The summed E-state index contributed by atoms with van der Waals surface area (Å²) in [6.45, 7) is 0. The molecule has 0 spiro atoms. The van der Waals surface area contributed by atoms with E-state index in [9.17, 15) is 4.57 Å². The summed E-state index contributed by atoms with van der Waals surface area (Å²) < 4.78 is 19.0. The molecular formula is H2NO3PS2. The molecule has 0 saturated carbocycles. The van der Waals surface area contributed by atoms with Crippen molar-refractivity contribution in [3.05, 3.63) is 0 Å². The minimum Gasteiger partial charge on any atom is -0.239 e. The molecule has 7 heteroatoms. The predicted molar refractivity (Wildman–Crippen MR) is 29.1 cm³/mol. The molecule has 0 bridgehead atoms. The first kappa shape index (κ1) is 5.94. The van der Waals surface area contributed by atoms with Crippen LogP contribution in [0.25, 0.3) is 0 Å². The van der Waals surface area contributed by atoms with Crippen molar-refractivity contribution >= 4 is 29.9 Å². The largest absolute Gasteiger partial charge is 0.426 e. The molecule has 0 aromatic rings. The van der Waals surface area contributed by atoms with Gasteiger partial charge in [-0.3, -0.25) is 0 Å². The van der Waals surface area contributed by atoms with Crippen LogP contribution in [-0.2, 0) is 12.5 Å². The van der Waals surface area contributed by atoms with Gasteiger partial charge in [-0.2, -0.15) is 0 Å². The minimum absolute atomic E-state index is 0.887. The third-order valence-electron chi connectivity index (χ3n) is 0.296. The predicted octanol–water partition coefficient (Wildman–Crippen LogP) is 1.31. The highest BCUT2D eigenvalue weighted by atomic mass is 33.1. The second-order valence-electron chi connectivity index (χ2n) is 0.825. The summed E-state index contributed by atoms with van der Waals surface area (Å²) in [5.74, 6) is 0. The third-order valence-corrected chi connectivity index (χ3v) is 3.76. The van der Waals surface area contributed by atoms with Crippen LogP contribution in [-0.4, -0.2) is 0 Å². The van der Waals surface area contributed by atoms with Gasteiger partial charge in [0.15, 0.2) is 0 Å². The topological polar surface area (TPSA) is 61.6 Å². The molecule has 1 saturated heterocycles. The van der Waals surface area contributed by atoms with E-state index in [1.54, 1.807) is 0 Å². The van der Waals surface area contributed by atoms with Gasteiger partial charge < -0.3 is 0 Å². The zero-order valence-corrected chi connectivity index (χ0v) is 5.59. The fraction of sp³-hybridized carbons (Fsp3) is 0. The number of rotatable bonds is 0. The van der Waals surface area contributed by atoms with Crippen LogP contribution >= 0.6 is 29.9 Å². The van der Waals surface area contributed by atoms with Gasteiger partial charge in [-0.05, 0) is 0 Å². The first-order chi connectivity index (χ1) is 3.21. The maximum Gasteiger partial charge on any atom is 0.426 e. The monoisotopic (exact) mass is 159 g/mol. The maximum absolute atomic E-state index is 10.3.